The number of rotatable bonds is 5. The predicted molar refractivity (Wildman–Crippen MR) is 98.8 cm³/mol. The van der Waals surface area contributed by atoms with Crippen LogP contribution in [0.2, 0.25) is 0 Å². The first kappa shape index (κ1) is 18.1. The number of aliphatic hydroxyl groups excluding tert-OH is 1. The molecule has 3 aliphatic rings. The summed E-state index contributed by atoms with van der Waals surface area (Å²) in [5.41, 5.74) is 1.98. The number of morpholine rings is 1. The first-order valence-corrected chi connectivity index (χ1v) is 9.12. The molecule has 0 aromatic heterocycles. The van der Waals surface area contributed by atoms with Crippen LogP contribution in [0.25, 0.3) is 6.08 Å². The van der Waals surface area contributed by atoms with Gasteiger partial charge in [-0.3, -0.25) is 4.79 Å². The molecular weight excluding hydrogens is 352 g/mol. The third-order valence-electron chi connectivity index (χ3n) is 5.37. The Balaban J connectivity index is 1.64. The van der Waals surface area contributed by atoms with Crippen LogP contribution in [0.4, 0.5) is 11.4 Å². The first-order valence-electron chi connectivity index (χ1n) is 9.12. The quantitative estimate of drug-likeness (QED) is 0.590. The number of quaternary nitrogens is 1. The SMILES string of the molecule is O=C(O)[C@H](O)[C@H]1OCCN(c2ccc3c(c2)[N+]([O-])(CC2CC2)CC=C3)C1=O. The van der Waals surface area contributed by atoms with Gasteiger partial charge in [0.2, 0.25) is 0 Å². The summed E-state index contributed by atoms with van der Waals surface area (Å²) in [4.78, 5) is 25.1. The maximum Gasteiger partial charge on any atom is 0.335 e. The van der Waals surface area contributed by atoms with Crippen LogP contribution in [0.15, 0.2) is 24.3 Å². The van der Waals surface area contributed by atoms with Crippen LogP contribution in [0, 0.1) is 11.1 Å². The van der Waals surface area contributed by atoms with Crippen molar-refractivity contribution in [3.05, 3.63) is 35.0 Å². The van der Waals surface area contributed by atoms with Gasteiger partial charge in [0, 0.05) is 29.8 Å². The van der Waals surface area contributed by atoms with Crippen LogP contribution in [0.1, 0.15) is 18.4 Å². The number of hydrogen-bond donors (Lipinski definition) is 2. The molecule has 2 N–H and O–H groups in total. The van der Waals surface area contributed by atoms with Crippen LogP contribution < -0.4 is 9.55 Å². The number of hydrogen-bond acceptors (Lipinski definition) is 5. The lowest BCUT2D eigenvalue weighted by Crippen LogP contribution is -2.54. The number of ether oxygens (including phenoxy) is 1. The van der Waals surface area contributed by atoms with Gasteiger partial charge >= 0.3 is 5.97 Å². The average molecular weight is 374 g/mol. The van der Waals surface area contributed by atoms with Gasteiger partial charge in [-0.25, -0.2) is 4.79 Å². The van der Waals surface area contributed by atoms with Crippen molar-refractivity contribution in [2.45, 2.75) is 25.0 Å². The van der Waals surface area contributed by atoms with Crippen molar-refractivity contribution in [3.63, 3.8) is 0 Å². The van der Waals surface area contributed by atoms with E-state index in [-0.39, 0.29) is 13.2 Å². The van der Waals surface area contributed by atoms with Gasteiger partial charge in [-0.15, -0.1) is 0 Å². The number of carbonyl (C=O) groups is 2. The minimum absolute atomic E-state index is 0.108. The summed E-state index contributed by atoms with van der Waals surface area (Å²) in [6.45, 7) is 1.23. The molecule has 0 radical (unpaired) electrons. The van der Waals surface area contributed by atoms with E-state index in [1.165, 1.54) is 4.90 Å². The van der Waals surface area contributed by atoms with Crippen LogP contribution in [-0.2, 0) is 14.3 Å². The third kappa shape index (κ3) is 3.37. The summed E-state index contributed by atoms with van der Waals surface area (Å²) in [6, 6.07) is 5.27. The Bertz CT molecular complexity index is 805. The van der Waals surface area contributed by atoms with Crippen LogP contribution in [-0.4, -0.2) is 60.5 Å². The van der Waals surface area contributed by atoms with Crippen molar-refractivity contribution < 1.29 is 24.5 Å². The lowest BCUT2D eigenvalue weighted by Gasteiger charge is -2.44. The summed E-state index contributed by atoms with van der Waals surface area (Å²) in [5, 5.41) is 32.1. The number of benzene rings is 1. The Labute approximate surface area is 156 Å². The number of fused-ring (bicyclic) bond motifs is 1. The maximum atomic E-state index is 13.4. The standard InChI is InChI=1S/C19H22N2O6/c22-16(19(24)25)17-18(23)20(7-9-27-17)14-6-5-13-2-1-8-21(26,15(13)10-14)11-12-3-4-12/h1-2,5-6,10,12,16-17,22H,3-4,7-9,11H2,(H,24,25)/t16-,17-,21?/m1/s1. The molecule has 1 aromatic rings. The van der Waals surface area contributed by atoms with E-state index in [2.05, 4.69) is 0 Å². The number of carboxylic acid groups (broad SMARTS) is 1. The Hall–Kier alpha value is -2.26. The molecule has 144 valence electrons. The van der Waals surface area contributed by atoms with Gasteiger partial charge in [0.25, 0.3) is 5.91 Å². The molecule has 2 aliphatic heterocycles. The van der Waals surface area contributed by atoms with E-state index >= 15 is 0 Å². The van der Waals surface area contributed by atoms with Crippen molar-refractivity contribution >= 4 is 29.3 Å². The molecule has 27 heavy (non-hydrogen) atoms. The number of aliphatic carboxylic acids is 1. The van der Waals surface area contributed by atoms with Crippen molar-refractivity contribution in [2.75, 3.05) is 31.1 Å². The van der Waals surface area contributed by atoms with Crippen LogP contribution in [0.3, 0.4) is 0 Å². The fraction of sp³-hybridized carbons (Fsp3) is 0.474. The van der Waals surface area contributed by atoms with E-state index in [1.54, 1.807) is 12.1 Å². The zero-order chi connectivity index (χ0) is 19.2. The first-order chi connectivity index (χ1) is 12.9. The van der Waals surface area contributed by atoms with Gasteiger partial charge in [-0.2, -0.15) is 0 Å². The largest absolute Gasteiger partial charge is 0.627 e. The summed E-state index contributed by atoms with van der Waals surface area (Å²) < 4.78 is 4.74. The minimum Gasteiger partial charge on any atom is -0.627 e. The van der Waals surface area contributed by atoms with Crippen LogP contribution in [0.5, 0.6) is 0 Å². The van der Waals surface area contributed by atoms with E-state index in [9.17, 15) is 19.9 Å². The van der Waals surface area contributed by atoms with Gasteiger partial charge < -0.3 is 29.7 Å². The minimum atomic E-state index is -1.93. The Kier molecular flexibility index (Phi) is 4.51. The lowest BCUT2D eigenvalue weighted by atomic mass is 10.0. The lowest BCUT2D eigenvalue weighted by molar-refractivity contribution is -0.163. The molecule has 1 unspecified atom stereocenters. The average Bonchev–Trinajstić information content (AvgIpc) is 3.45. The highest BCUT2D eigenvalue weighted by Gasteiger charge is 2.40. The zero-order valence-electron chi connectivity index (χ0n) is 14.8. The van der Waals surface area contributed by atoms with Crippen molar-refractivity contribution in [3.8, 4) is 0 Å². The topological polar surface area (TPSA) is 110 Å². The number of aliphatic hydroxyl groups is 1. The summed E-state index contributed by atoms with van der Waals surface area (Å²) >= 11 is 0. The second kappa shape index (κ2) is 6.72. The number of nitrogens with zero attached hydrogens (tertiary/aromatic N) is 2. The van der Waals surface area contributed by atoms with Gasteiger partial charge in [-0.05, 0) is 37.1 Å². The Morgan fingerprint density at radius 3 is 2.89 bits per heavy atom. The number of carbonyl (C=O) groups excluding carboxylic acids is 1. The maximum absolute atomic E-state index is 13.4. The molecule has 2 fully saturated rings. The zero-order valence-corrected chi connectivity index (χ0v) is 14.8. The highest BCUT2D eigenvalue weighted by atomic mass is 16.5. The molecule has 1 saturated carbocycles. The second-order valence-electron chi connectivity index (χ2n) is 7.41. The fourth-order valence-corrected chi connectivity index (χ4v) is 3.75. The molecule has 8 nitrogen and oxygen atoms in total. The second-order valence-corrected chi connectivity index (χ2v) is 7.41. The highest BCUT2D eigenvalue weighted by Crippen LogP contribution is 2.40. The van der Waals surface area contributed by atoms with Crippen molar-refractivity contribution in [2.24, 2.45) is 5.92 Å². The summed E-state index contributed by atoms with van der Waals surface area (Å²) in [6.07, 6.45) is 2.58. The van der Waals surface area contributed by atoms with Gasteiger partial charge in [-0.1, -0.05) is 0 Å². The molecule has 4 rings (SSSR count). The van der Waals surface area contributed by atoms with Crippen molar-refractivity contribution in [1.29, 1.82) is 0 Å². The molecule has 1 aliphatic carbocycles. The molecule has 8 heteroatoms. The molecule has 3 atom stereocenters. The Morgan fingerprint density at radius 2 is 2.19 bits per heavy atom. The molecule has 1 saturated heterocycles. The fourth-order valence-electron chi connectivity index (χ4n) is 3.75. The predicted octanol–water partition coefficient (Wildman–Crippen LogP) is 1.11. The summed E-state index contributed by atoms with van der Waals surface area (Å²) in [5.74, 6) is -1.68. The molecule has 0 spiro atoms. The molecule has 1 aromatic carbocycles. The van der Waals surface area contributed by atoms with Gasteiger partial charge in [0.05, 0.1) is 13.2 Å². The number of anilines is 1. The summed E-state index contributed by atoms with van der Waals surface area (Å²) in [7, 11) is 0. The smallest absolute Gasteiger partial charge is 0.335 e. The normalized spacial score (nSPS) is 28.7. The van der Waals surface area contributed by atoms with Crippen LogP contribution >= 0.6 is 0 Å². The number of carboxylic acids is 1. The van der Waals surface area contributed by atoms with Gasteiger partial charge in [0.1, 0.15) is 12.2 Å². The molecule has 2 heterocycles. The monoisotopic (exact) mass is 374 g/mol. The van der Waals surface area contributed by atoms with E-state index < -0.39 is 28.7 Å². The Morgan fingerprint density at radius 1 is 1.41 bits per heavy atom. The number of hydroxylamine groups is 2. The van der Waals surface area contributed by atoms with E-state index in [0.29, 0.717) is 30.4 Å². The molecular formula is C19H22N2O6. The highest BCUT2D eigenvalue weighted by molar-refractivity contribution is 6.00. The molecule has 1 amide bonds. The molecule has 0 bridgehead atoms. The van der Waals surface area contributed by atoms with Crippen molar-refractivity contribution in [1.82, 2.24) is 4.65 Å². The van der Waals surface area contributed by atoms with E-state index in [0.717, 1.165) is 18.4 Å². The van der Waals surface area contributed by atoms with E-state index in [1.807, 2.05) is 18.2 Å². The van der Waals surface area contributed by atoms with E-state index in [4.69, 9.17) is 9.84 Å². The number of amides is 1. The third-order valence-corrected chi connectivity index (χ3v) is 5.37. The van der Waals surface area contributed by atoms with Gasteiger partial charge in [0.15, 0.2) is 12.2 Å².